The molecule has 1 aromatic carbocycles. The number of nitrogens with zero attached hydrogens (tertiary/aromatic N) is 1. The van der Waals surface area contributed by atoms with Gasteiger partial charge in [0.05, 0.1) is 4.90 Å². The molecule has 0 saturated carbocycles. The van der Waals surface area contributed by atoms with Gasteiger partial charge in [0.2, 0.25) is 10.0 Å². The van der Waals surface area contributed by atoms with E-state index in [9.17, 15) is 8.42 Å². The van der Waals surface area contributed by atoms with Crippen LogP contribution in [0.3, 0.4) is 0 Å². The zero-order chi connectivity index (χ0) is 13.2. The predicted molar refractivity (Wildman–Crippen MR) is 69.2 cm³/mol. The fourth-order valence-corrected chi connectivity index (χ4v) is 2.72. The smallest absolute Gasteiger partial charge is 0.242 e. The third kappa shape index (κ3) is 2.82. The van der Waals surface area contributed by atoms with Crippen molar-refractivity contribution in [1.82, 2.24) is 9.62 Å². The fraction of sp³-hybridized carbons (Fsp3) is 0.500. The van der Waals surface area contributed by atoms with E-state index < -0.39 is 10.0 Å². The molecule has 1 unspecified atom stereocenters. The highest BCUT2D eigenvalue weighted by Gasteiger charge is 2.18. The first-order valence-electron chi connectivity index (χ1n) is 5.90. The highest BCUT2D eigenvalue weighted by molar-refractivity contribution is 7.89. The van der Waals surface area contributed by atoms with Gasteiger partial charge in [0.25, 0.3) is 0 Å². The topological polar surface area (TPSA) is 58.6 Å². The van der Waals surface area contributed by atoms with Gasteiger partial charge < -0.3 is 10.1 Å². The Hall–Kier alpha value is -1.11. The third-order valence-electron chi connectivity index (χ3n) is 2.92. The van der Waals surface area contributed by atoms with Gasteiger partial charge in [-0.3, -0.25) is 0 Å². The monoisotopic (exact) mass is 270 g/mol. The molecule has 0 bridgehead atoms. The lowest BCUT2D eigenvalue weighted by Gasteiger charge is -2.14. The van der Waals surface area contributed by atoms with E-state index in [0.717, 1.165) is 19.5 Å². The van der Waals surface area contributed by atoms with Crippen LogP contribution in [0.4, 0.5) is 0 Å². The van der Waals surface area contributed by atoms with Crippen LogP contribution in [0.1, 0.15) is 6.42 Å². The van der Waals surface area contributed by atoms with E-state index in [2.05, 4.69) is 5.32 Å². The molecule has 1 aliphatic rings. The van der Waals surface area contributed by atoms with Gasteiger partial charge in [-0.1, -0.05) is 0 Å². The van der Waals surface area contributed by atoms with Crippen molar-refractivity contribution in [2.45, 2.75) is 17.4 Å². The summed E-state index contributed by atoms with van der Waals surface area (Å²) in [6.45, 7) is 1.81. The van der Waals surface area contributed by atoms with Gasteiger partial charge in [0, 0.05) is 20.6 Å². The molecular weight excluding hydrogens is 252 g/mol. The van der Waals surface area contributed by atoms with E-state index in [1.54, 1.807) is 24.3 Å². The summed E-state index contributed by atoms with van der Waals surface area (Å²) in [4.78, 5) is 0.282. The van der Waals surface area contributed by atoms with Crippen LogP contribution in [0.15, 0.2) is 29.2 Å². The van der Waals surface area contributed by atoms with E-state index in [-0.39, 0.29) is 11.0 Å². The van der Waals surface area contributed by atoms with Crippen LogP contribution < -0.4 is 10.1 Å². The summed E-state index contributed by atoms with van der Waals surface area (Å²) in [5.41, 5.74) is 0. The average molecular weight is 270 g/mol. The zero-order valence-corrected chi connectivity index (χ0v) is 11.4. The van der Waals surface area contributed by atoms with Crippen molar-refractivity contribution in [3.8, 4) is 5.75 Å². The van der Waals surface area contributed by atoms with Crippen LogP contribution in [-0.4, -0.2) is 46.0 Å². The van der Waals surface area contributed by atoms with Crippen LogP contribution in [0, 0.1) is 0 Å². The van der Waals surface area contributed by atoms with Crippen molar-refractivity contribution < 1.29 is 13.2 Å². The molecule has 2 rings (SSSR count). The van der Waals surface area contributed by atoms with Gasteiger partial charge in [0.15, 0.2) is 0 Å². The van der Waals surface area contributed by atoms with Crippen molar-refractivity contribution in [2.75, 3.05) is 27.2 Å². The number of hydrogen-bond acceptors (Lipinski definition) is 4. The SMILES string of the molecule is CN(C)S(=O)(=O)c1ccc(OC2CCNC2)cc1. The largest absolute Gasteiger partial charge is 0.489 e. The molecule has 1 fully saturated rings. The number of benzene rings is 1. The van der Waals surface area contributed by atoms with Gasteiger partial charge in [-0.2, -0.15) is 0 Å². The van der Waals surface area contributed by atoms with Gasteiger partial charge in [0.1, 0.15) is 11.9 Å². The van der Waals surface area contributed by atoms with Crippen LogP contribution >= 0.6 is 0 Å². The minimum absolute atomic E-state index is 0.182. The predicted octanol–water partition coefficient (Wildman–Crippen LogP) is 0.678. The minimum Gasteiger partial charge on any atom is -0.489 e. The summed E-state index contributed by atoms with van der Waals surface area (Å²) in [6, 6.07) is 6.56. The fourth-order valence-electron chi connectivity index (χ4n) is 1.82. The van der Waals surface area contributed by atoms with Crippen LogP contribution in [0.25, 0.3) is 0 Å². The molecular formula is C12H18N2O3S. The number of rotatable bonds is 4. The summed E-state index contributed by atoms with van der Waals surface area (Å²) < 4.78 is 30.7. The van der Waals surface area contributed by atoms with Crippen LogP contribution in [-0.2, 0) is 10.0 Å². The first-order valence-corrected chi connectivity index (χ1v) is 7.34. The van der Waals surface area contributed by atoms with Crippen LogP contribution in [0.2, 0.25) is 0 Å². The molecule has 0 spiro atoms. The summed E-state index contributed by atoms with van der Waals surface area (Å²) in [5, 5.41) is 3.22. The van der Waals surface area contributed by atoms with Crippen LogP contribution in [0.5, 0.6) is 5.75 Å². The summed E-state index contributed by atoms with van der Waals surface area (Å²) in [7, 11) is -0.320. The van der Waals surface area contributed by atoms with Gasteiger partial charge >= 0.3 is 0 Å². The molecule has 0 aliphatic carbocycles. The second-order valence-corrected chi connectivity index (χ2v) is 6.64. The van der Waals surface area contributed by atoms with E-state index in [1.165, 1.54) is 18.4 Å². The van der Waals surface area contributed by atoms with Crippen molar-refractivity contribution in [1.29, 1.82) is 0 Å². The highest BCUT2D eigenvalue weighted by Crippen LogP contribution is 2.20. The minimum atomic E-state index is -3.36. The Morgan fingerprint density at radius 2 is 1.94 bits per heavy atom. The quantitative estimate of drug-likeness (QED) is 0.874. The maximum Gasteiger partial charge on any atom is 0.242 e. The Morgan fingerprint density at radius 3 is 2.44 bits per heavy atom. The maximum absolute atomic E-state index is 11.9. The van der Waals surface area contributed by atoms with Gasteiger partial charge in [-0.25, -0.2) is 12.7 Å². The molecule has 0 aromatic heterocycles. The van der Waals surface area contributed by atoms with E-state index in [1.807, 2.05) is 0 Å². The first kappa shape index (κ1) is 13.3. The number of sulfonamides is 1. The molecule has 18 heavy (non-hydrogen) atoms. The molecule has 100 valence electrons. The molecule has 1 atom stereocenters. The normalized spacial score (nSPS) is 20.3. The van der Waals surface area contributed by atoms with Crippen molar-refractivity contribution >= 4 is 10.0 Å². The molecule has 1 aliphatic heterocycles. The molecule has 1 aromatic rings. The lowest BCUT2D eigenvalue weighted by Crippen LogP contribution is -2.22. The Labute approximate surface area is 108 Å². The second-order valence-electron chi connectivity index (χ2n) is 4.49. The summed E-state index contributed by atoms with van der Waals surface area (Å²) in [5.74, 6) is 0.710. The Morgan fingerprint density at radius 1 is 1.28 bits per heavy atom. The Balaban J connectivity index is 2.10. The van der Waals surface area contributed by atoms with Crippen molar-refractivity contribution in [3.05, 3.63) is 24.3 Å². The Kier molecular flexibility index (Phi) is 3.89. The molecule has 5 nitrogen and oxygen atoms in total. The molecule has 1 heterocycles. The number of nitrogens with one attached hydrogen (secondary N) is 1. The van der Waals surface area contributed by atoms with E-state index in [4.69, 9.17) is 4.74 Å². The molecule has 1 saturated heterocycles. The van der Waals surface area contributed by atoms with Gasteiger partial charge in [-0.15, -0.1) is 0 Å². The standard InChI is InChI=1S/C12H18N2O3S/c1-14(2)18(15,16)12-5-3-10(4-6-12)17-11-7-8-13-9-11/h3-6,11,13H,7-9H2,1-2H3. The Bertz CT molecular complexity index is 491. The lowest BCUT2D eigenvalue weighted by molar-refractivity contribution is 0.223. The number of ether oxygens (including phenoxy) is 1. The first-order chi connectivity index (χ1) is 8.50. The lowest BCUT2D eigenvalue weighted by atomic mass is 10.3. The third-order valence-corrected chi connectivity index (χ3v) is 4.75. The maximum atomic E-state index is 11.9. The van der Waals surface area contributed by atoms with Gasteiger partial charge in [-0.05, 0) is 37.2 Å². The van der Waals surface area contributed by atoms with Crippen molar-refractivity contribution in [2.24, 2.45) is 0 Å². The molecule has 1 N–H and O–H groups in total. The summed E-state index contributed by atoms with van der Waals surface area (Å²) in [6.07, 6.45) is 1.17. The summed E-state index contributed by atoms with van der Waals surface area (Å²) >= 11 is 0. The second kappa shape index (κ2) is 5.26. The highest BCUT2D eigenvalue weighted by atomic mass is 32.2. The molecule has 0 amide bonds. The van der Waals surface area contributed by atoms with E-state index in [0.29, 0.717) is 5.75 Å². The average Bonchev–Trinajstić information content (AvgIpc) is 2.82. The zero-order valence-electron chi connectivity index (χ0n) is 10.6. The molecule has 6 heteroatoms. The number of hydrogen-bond donors (Lipinski definition) is 1. The van der Waals surface area contributed by atoms with Crippen molar-refractivity contribution in [3.63, 3.8) is 0 Å². The molecule has 0 radical (unpaired) electrons. The van der Waals surface area contributed by atoms with E-state index >= 15 is 0 Å².